The first-order valence-corrected chi connectivity index (χ1v) is 11.5. The Morgan fingerprint density at radius 2 is 1.82 bits per heavy atom. The highest BCUT2D eigenvalue weighted by Gasteiger charge is 2.23. The van der Waals surface area contributed by atoms with Gasteiger partial charge in [-0.15, -0.1) is 0 Å². The van der Waals surface area contributed by atoms with E-state index in [4.69, 9.17) is 9.72 Å². The molecule has 0 atom stereocenters. The minimum absolute atomic E-state index is 0.693. The summed E-state index contributed by atoms with van der Waals surface area (Å²) in [5, 5.41) is 14.1. The van der Waals surface area contributed by atoms with Gasteiger partial charge in [0.2, 0.25) is 0 Å². The molecule has 0 unspecified atom stereocenters. The van der Waals surface area contributed by atoms with E-state index in [9.17, 15) is 5.26 Å². The lowest BCUT2D eigenvalue weighted by Crippen LogP contribution is -2.38. The SMILES string of the molecule is CCCc1nc2ccnn2c(N2CCOCC2)c1Cc1ccc(-c2ccccc2C#N)cc1. The summed E-state index contributed by atoms with van der Waals surface area (Å²) < 4.78 is 7.60. The number of hydrogen-bond donors (Lipinski definition) is 0. The molecular formula is C27H27N5O. The summed E-state index contributed by atoms with van der Waals surface area (Å²) in [6.07, 6.45) is 4.58. The van der Waals surface area contributed by atoms with Crippen molar-refractivity contribution in [2.45, 2.75) is 26.2 Å². The van der Waals surface area contributed by atoms with Crippen LogP contribution in [0.25, 0.3) is 16.8 Å². The molecular weight excluding hydrogens is 410 g/mol. The number of benzene rings is 2. The first-order valence-electron chi connectivity index (χ1n) is 11.5. The monoisotopic (exact) mass is 437 g/mol. The number of anilines is 1. The van der Waals surface area contributed by atoms with Crippen molar-refractivity contribution in [3.63, 3.8) is 0 Å². The van der Waals surface area contributed by atoms with Crippen molar-refractivity contribution in [2.75, 3.05) is 31.2 Å². The molecule has 6 nitrogen and oxygen atoms in total. The lowest BCUT2D eigenvalue weighted by molar-refractivity contribution is 0.122. The molecule has 0 bridgehead atoms. The molecule has 0 amide bonds. The molecule has 1 fully saturated rings. The predicted molar refractivity (Wildman–Crippen MR) is 129 cm³/mol. The van der Waals surface area contributed by atoms with Gasteiger partial charge in [0.05, 0.1) is 36.7 Å². The van der Waals surface area contributed by atoms with E-state index < -0.39 is 0 Å². The van der Waals surface area contributed by atoms with Crippen molar-refractivity contribution in [2.24, 2.45) is 0 Å². The molecule has 0 saturated carbocycles. The van der Waals surface area contributed by atoms with Crippen molar-refractivity contribution in [3.05, 3.63) is 83.2 Å². The first-order chi connectivity index (χ1) is 16.3. The molecule has 0 aliphatic carbocycles. The maximum absolute atomic E-state index is 9.45. The molecule has 6 heteroatoms. The van der Waals surface area contributed by atoms with Crippen LogP contribution in [0.1, 0.15) is 35.7 Å². The highest BCUT2D eigenvalue weighted by Crippen LogP contribution is 2.30. The van der Waals surface area contributed by atoms with Gasteiger partial charge in [0.1, 0.15) is 5.82 Å². The molecule has 33 heavy (non-hydrogen) atoms. The van der Waals surface area contributed by atoms with Gasteiger partial charge >= 0.3 is 0 Å². The topological polar surface area (TPSA) is 66.4 Å². The van der Waals surface area contributed by atoms with Gasteiger partial charge < -0.3 is 9.64 Å². The van der Waals surface area contributed by atoms with E-state index in [1.165, 1.54) is 11.1 Å². The van der Waals surface area contributed by atoms with Crippen LogP contribution in [0.5, 0.6) is 0 Å². The van der Waals surface area contributed by atoms with E-state index in [0.717, 1.165) is 73.9 Å². The van der Waals surface area contributed by atoms with Crippen LogP contribution in [0, 0.1) is 11.3 Å². The van der Waals surface area contributed by atoms with Gasteiger partial charge in [-0.2, -0.15) is 14.9 Å². The third-order valence-electron chi connectivity index (χ3n) is 6.18. The highest BCUT2D eigenvalue weighted by molar-refractivity contribution is 5.70. The predicted octanol–water partition coefficient (Wildman–Crippen LogP) is 4.65. The van der Waals surface area contributed by atoms with E-state index >= 15 is 0 Å². The molecule has 4 aromatic rings. The quantitative estimate of drug-likeness (QED) is 0.439. The van der Waals surface area contributed by atoms with E-state index in [1.807, 2.05) is 41.0 Å². The number of aryl methyl sites for hydroxylation is 1. The number of fused-ring (bicyclic) bond motifs is 1. The summed E-state index contributed by atoms with van der Waals surface area (Å²) in [5.41, 5.74) is 7.20. The second kappa shape index (κ2) is 9.43. The molecule has 0 spiro atoms. The average Bonchev–Trinajstić information content (AvgIpc) is 3.33. The maximum atomic E-state index is 9.45. The number of hydrogen-bond acceptors (Lipinski definition) is 5. The van der Waals surface area contributed by atoms with Crippen LogP contribution in [0.3, 0.4) is 0 Å². The van der Waals surface area contributed by atoms with Crippen LogP contribution in [0.15, 0.2) is 60.8 Å². The third kappa shape index (κ3) is 4.20. The number of nitrogens with zero attached hydrogens (tertiary/aromatic N) is 5. The molecule has 3 heterocycles. The molecule has 2 aromatic heterocycles. The van der Waals surface area contributed by atoms with Gasteiger partial charge in [-0.05, 0) is 29.2 Å². The van der Waals surface area contributed by atoms with E-state index in [0.29, 0.717) is 5.56 Å². The Labute approximate surface area is 194 Å². The zero-order valence-corrected chi connectivity index (χ0v) is 18.9. The smallest absolute Gasteiger partial charge is 0.157 e. The fourth-order valence-corrected chi connectivity index (χ4v) is 4.57. The fraction of sp³-hybridized carbons (Fsp3) is 0.296. The van der Waals surface area contributed by atoms with Gasteiger partial charge in [-0.1, -0.05) is 55.8 Å². The standard InChI is InChI=1S/C27H27N5O/c1-2-5-25-24(27(31-14-16-33-17-15-31)32-26(30-25)12-13-29-32)18-20-8-10-21(11-9-20)23-7-4-3-6-22(23)19-28/h3-4,6-13H,2,5,14-18H2,1H3. The Bertz CT molecular complexity index is 1300. The summed E-state index contributed by atoms with van der Waals surface area (Å²) in [6.45, 7) is 5.34. The summed E-state index contributed by atoms with van der Waals surface area (Å²) in [4.78, 5) is 7.36. The lowest BCUT2D eigenvalue weighted by Gasteiger charge is -2.31. The Morgan fingerprint density at radius 3 is 2.58 bits per heavy atom. The number of nitriles is 1. The van der Waals surface area contributed by atoms with E-state index in [-0.39, 0.29) is 0 Å². The van der Waals surface area contributed by atoms with Crippen LogP contribution in [-0.2, 0) is 17.6 Å². The molecule has 2 aromatic carbocycles. The zero-order chi connectivity index (χ0) is 22.6. The van der Waals surface area contributed by atoms with Gasteiger partial charge in [-0.3, -0.25) is 0 Å². The van der Waals surface area contributed by atoms with Gasteiger partial charge in [0, 0.05) is 31.1 Å². The molecule has 1 saturated heterocycles. The summed E-state index contributed by atoms with van der Waals surface area (Å²) in [7, 11) is 0. The number of rotatable bonds is 6. The normalized spacial score (nSPS) is 13.9. The molecule has 5 rings (SSSR count). The van der Waals surface area contributed by atoms with E-state index in [2.05, 4.69) is 47.3 Å². The summed E-state index contributed by atoms with van der Waals surface area (Å²) in [6, 6.07) is 20.6. The van der Waals surface area contributed by atoms with E-state index in [1.54, 1.807) is 0 Å². The molecule has 1 aliphatic rings. The fourth-order valence-electron chi connectivity index (χ4n) is 4.57. The second-order valence-corrected chi connectivity index (χ2v) is 8.34. The number of ether oxygens (including phenoxy) is 1. The Balaban J connectivity index is 1.55. The van der Waals surface area contributed by atoms with Crippen LogP contribution in [0.2, 0.25) is 0 Å². The van der Waals surface area contributed by atoms with Gasteiger partial charge in [-0.25, -0.2) is 4.98 Å². The Morgan fingerprint density at radius 1 is 1.03 bits per heavy atom. The molecule has 0 radical (unpaired) electrons. The van der Waals surface area contributed by atoms with Crippen LogP contribution in [0.4, 0.5) is 5.82 Å². The van der Waals surface area contributed by atoms with Crippen LogP contribution in [-0.4, -0.2) is 40.9 Å². The summed E-state index contributed by atoms with van der Waals surface area (Å²) >= 11 is 0. The van der Waals surface area contributed by atoms with Crippen molar-refractivity contribution in [3.8, 4) is 17.2 Å². The maximum Gasteiger partial charge on any atom is 0.157 e. The minimum atomic E-state index is 0.693. The third-order valence-corrected chi connectivity index (χ3v) is 6.18. The van der Waals surface area contributed by atoms with Gasteiger partial charge in [0.15, 0.2) is 5.65 Å². The van der Waals surface area contributed by atoms with Crippen LogP contribution >= 0.6 is 0 Å². The summed E-state index contributed by atoms with van der Waals surface area (Å²) in [5.74, 6) is 1.13. The molecule has 0 N–H and O–H groups in total. The largest absolute Gasteiger partial charge is 0.378 e. The van der Waals surface area contributed by atoms with Crippen LogP contribution < -0.4 is 4.90 Å². The molecule has 166 valence electrons. The Kier molecular flexibility index (Phi) is 6.05. The van der Waals surface area contributed by atoms with Crippen molar-refractivity contribution in [1.29, 1.82) is 5.26 Å². The van der Waals surface area contributed by atoms with Crippen molar-refractivity contribution < 1.29 is 4.74 Å². The number of aromatic nitrogens is 3. The van der Waals surface area contributed by atoms with Gasteiger partial charge in [0.25, 0.3) is 0 Å². The van der Waals surface area contributed by atoms with Crippen molar-refractivity contribution in [1.82, 2.24) is 14.6 Å². The minimum Gasteiger partial charge on any atom is -0.378 e. The molecule has 1 aliphatic heterocycles. The second-order valence-electron chi connectivity index (χ2n) is 8.34. The average molecular weight is 438 g/mol. The van der Waals surface area contributed by atoms with Crippen molar-refractivity contribution >= 4 is 11.5 Å². The zero-order valence-electron chi connectivity index (χ0n) is 18.9. The first kappa shape index (κ1) is 21.2. The lowest BCUT2D eigenvalue weighted by atomic mass is 9.96. The highest BCUT2D eigenvalue weighted by atomic mass is 16.5. The number of morpholine rings is 1. The Hall–Kier alpha value is -3.69.